The van der Waals surface area contributed by atoms with Crippen LogP contribution in [0.25, 0.3) is 17.0 Å². The lowest BCUT2D eigenvalue weighted by Crippen LogP contribution is -2.29. The minimum absolute atomic E-state index is 0.0247. The van der Waals surface area contributed by atoms with Crippen molar-refractivity contribution in [3.8, 4) is 34.5 Å². The topological polar surface area (TPSA) is 126 Å². The first-order chi connectivity index (χ1) is 17.3. The first-order valence-corrected chi connectivity index (χ1v) is 12.5. The van der Waals surface area contributed by atoms with Crippen LogP contribution in [-0.4, -0.2) is 62.7 Å². The number of rotatable bonds is 10. The zero-order valence-corrected chi connectivity index (χ0v) is 21.4. The molecule has 0 amide bonds. The van der Waals surface area contributed by atoms with Gasteiger partial charge in [-0.25, -0.2) is 13.1 Å². The summed E-state index contributed by atoms with van der Waals surface area (Å²) >= 11 is 0. The molecule has 0 aliphatic rings. The Morgan fingerprint density at radius 1 is 0.889 bits per heavy atom. The molecule has 36 heavy (non-hydrogen) atoms. The predicted octanol–water partition coefficient (Wildman–Crippen LogP) is 2.79. The summed E-state index contributed by atoms with van der Waals surface area (Å²) in [5.74, 6) is 2.20. The van der Waals surface area contributed by atoms with Crippen molar-refractivity contribution in [1.82, 2.24) is 24.5 Å². The molecular formula is C24H27N5O6S. The maximum atomic E-state index is 12.8. The van der Waals surface area contributed by atoms with Crippen LogP contribution in [0.15, 0.2) is 47.4 Å². The number of hydrogen-bond acceptors (Lipinski definition) is 9. The maximum Gasteiger partial charge on any atom is 0.244 e. The molecule has 4 aromatic rings. The summed E-state index contributed by atoms with van der Waals surface area (Å²) in [6, 6.07) is 12.0. The lowest BCUT2D eigenvalue weighted by molar-refractivity contribution is 0.305. The number of fused-ring (bicyclic) bond motifs is 1. The summed E-state index contributed by atoms with van der Waals surface area (Å²) in [6.45, 7) is 3.81. The SMILES string of the molecule is COc1ccc(OC)c(-c2nnc3ccc(OCCNS(=O)(=O)c4cc(C)c(C)cc4OC)nn23)c1. The van der Waals surface area contributed by atoms with Gasteiger partial charge in [-0.2, -0.15) is 4.52 Å². The standard InChI is InChI=1S/C24H27N5O6S/c1-15-12-20(34-5)21(13-16(15)2)36(30,31)25-10-11-35-23-9-8-22-26-27-24(29(22)28-23)18-14-17(32-3)6-7-19(18)33-4/h6-9,12-14,25H,10-11H2,1-5H3. The van der Waals surface area contributed by atoms with E-state index in [1.807, 2.05) is 13.8 Å². The fraction of sp³-hybridized carbons (Fsp3) is 0.292. The Balaban J connectivity index is 1.50. The summed E-state index contributed by atoms with van der Waals surface area (Å²) in [4.78, 5) is 0.0778. The van der Waals surface area contributed by atoms with Gasteiger partial charge in [0.25, 0.3) is 0 Å². The van der Waals surface area contributed by atoms with Crippen LogP contribution in [0.4, 0.5) is 0 Å². The molecule has 190 valence electrons. The van der Waals surface area contributed by atoms with Crippen molar-refractivity contribution >= 4 is 15.7 Å². The Bertz CT molecular complexity index is 1500. The number of nitrogens with zero attached hydrogens (tertiary/aromatic N) is 4. The number of benzene rings is 2. The Morgan fingerprint density at radius 2 is 1.64 bits per heavy atom. The van der Waals surface area contributed by atoms with Crippen LogP contribution in [-0.2, 0) is 10.0 Å². The van der Waals surface area contributed by atoms with E-state index in [-0.39, 0.29) is 29.7 Å². The minimum Gasteiger partial charge on any atom is -0.497 e. The van der Waals surface area contributed by atoms with Crippen molar-refractivity contribution < 1.29 is 27.4 Å². The van der Waals surface area contributed by atoms with E-state index in [4.69, 9.17) is 18.9 Å². The molecule has 2 aromatic carbocycles. The average molecular weight is 514 g/mol. The molecule has 1 N–H and O–H groups in total. The van der Waals surface area contributed by atoms with E-state index in [0.29, 0.717) is 28.5 Å². The van der Waals surface area contributed by atoms with Crippen LogP contribution >= 0.6 is 0 Å². The molecule has 11 nitrogen and oxygen atoms in total. The predicted molar refractivity (Wildman–Crippen MR) is 132 cm³/mol. The maximum absolute atomic E-state index is 12.8. The summed E-state index contributed by atoms with van der Waals surface area (Å²) in [5.41, 5.74) is 2.94. The molecule has 0 spiro atoms. The number of sulfonamides is 1. The summed E-state index contributed by atoms with van der Waals surface area (Å²) in [6.07, 6.45) is 0. The van der Waals surface area contributed by atoms with Gasteiger partial charge < -0.3 is 18.9 Å². The number of aromatic nitrogens is 4. The smallest absolute Gasteiger partial charge is 0.244 e. The fourth-order valence-electron chi connectivity index (χ4n) is 3.55. The van der Waals surface area contributed by atoms with Gasteiger partial charge in [0.2, 0.25) is 15.9 Å². The van der Waals surface area contributed by atoms with E-state index in [0.717, 1.165) is 11.1 Å². The summed E-state index contributed by atoms with van der Waals surface area (Å²) < 4.78 is 51.5. The summed E-state index contributed by atoms with van der Waals surface area (Å²) in [7, 11) is 0.765. The number of methoxy groups -OCH3 is 3. The molecule has 0 fully saturated rings. The Labute approximate surface area is 209 Å². The monoisotopic (exact) mass is 513 g/mol. The third kappa shape index (κ3) is 5.04. The Kier molecular flexibility index (Phi) is 7.27. The van der Waals surface area contributed by atoms with Gasteiger partial charge in [0.05, 0.1) is 26.9 Å². The molecule has 12 heteroatoms. The van der Waals surface area contributed by atoms with E-state index in [2.05, 4.69) is 20.0 Å². The minimum atomic E-state index is -3.81. The van der Waals surface area contributed by atoms with Gasteiger partial charge in [-0.15, -0.1) is 15.3 Å². The van der Waals surface area contributed by atoms with Crippen LogP contribution in [0.2, 0.25) is 0 Å². The van der Waals surface area contributed by atoms with Crippen LogP contribution in [0.1, 0.15) is 11.1 Å². The first kappa shape index (κ1) is 25.2. The molecule has 0 atom stereocenters. The Hall–Kier alpha value is -3.90. The summed E-state index contributed by atoms with van der Waals surface area (Å²) in [5, 5.41) is 12.9. The largest absolute Gasteiger partial charge is 0.497 e. The molecule has 0 unspecified atom stereocenters. The molecule has 0 bridgehead atoms. The molecule has 2 aromatic heterocycles. The zero-order valence-electron chi connectivity index (χ0n) is 20.6. The zero-order chi connectivity index (χ0) is 25.9. The van der Waals surface area contributed by atoms with Crippen molar-refractivity contribution in [2.24, 2.45) is 0 Å². The third-order valence-corrected chi connectivity index (χ3v) is 7.08. The lowest BCUT2D eigenvalue weighted by Gasteiger charge is -2.13. The first-order valence-electron chi connectivity index (χ1n) is 11.0. The van der Waals surface area contributed by atoms with Crippen LogP contribution < -0.4 is 23.7 Å². The van der Waals surface area contributed by atoms with Gasteiger partial charge in [0.1, 0.15) is 28.8 Å². The second kappa shape index (κ2) is 10.4. The van der Waals surface area contributed by atoms with Gasteiger partial charge in [0.15, 0.2) is 11.5 Å². The van der Waals surface area contributed by atoms with Crippen molar-refractivity contribution in [2.45, 2.75) is 18.7 Å². The number of hydrogen-bond donors (Lipinski definition) is 1. The second-order valence-electron chi connectivity index (χ2n) is 7.86. The molecule has 0 saturated heterocycles. The highest BCUT2D eigenvalue weighted by molar-refractivity contribution is 7.89. The van der Waals surface area contributed by atoms with Gasteiger partial charge in [-0.1, -0.05) is 0 Å². The van der Waals surface area contributed by atoms with E-state index < -0.39 is 10.0 Å². The van der Waals surface area contributed by atoms with Gasteiger partial charge in [-0.3, -0.25) is 0 Å². The van der Waals surface area contributed by atoms with Gasteiger partial charge in [0, 0.05) is 12.6 Å². The molecule has 0 radical (unpaired) electrons. The van der Waals surface area contributed by atoms with Gasteiger partial charge in [-0.05, 0) is 61.4 Å². The van der Waals surface area contributed by atoms with Crippen LogP contribution in [0.5, 0.6) is 23.1 Å². The molecule has 0 aliphatic heterocycles. The molecule has 0 saturated carbocycles. The number of ether oxygens (including phenoxy) is 4. The van der Waals surface area contributed by atoms with Crippen molar-refractivity contribution in [1.29, 1.82) is 0 Å². The fourth-order valence-corrected chi connectivity index (χ4v) is 4.79. The second-order valence-corrected chi connectivity index (χ2v) is 9.60. The van der Waals surface area contributed by atoms with Crippen molar-refractivity contribution in [2.75, 3.05) is 34.5 Å². The highest BCUT2D eigenvalue weighted by atomic mass is 32.2. The van der Waals surface area contributed by atoms with Crippen LogP contribution in [0, 0.1) is 13.8 Å². The highest BCUT2D eigenvalue weighted by Crippen LogP contribution is 2.32. The van der Waals surface area contributed by atoms with E-state index >= 15 is 0 Å². The van der Waals surface area contributed by atoms with Crippen molar-refractivity contribution in [3.05, 3.63) is 53.6 Å². The molecule has 2 heterocycles. The molecule has 0 aliphatic carbocycles. The van der Waals surface area contributed by atoms with E-state index in [9.17, 15) is 8.42 Å². The normalized spacial score (nSPS) is 11.5. The molecule has 4 rings (SSSR count). The number of nitrogens with one attached hydrogen (secondary N) is 1. The van der Waals surface area contributed by atoms with E-state index in [1.165, 1.54) is 11.6 Å². The average Bonchev–Trinajstić information content (AvgIpc) is 3.30. The van der Waals surface area contributed by atoms with E-state index in [1.54, 1.807) is 56.7 Å². The van der Waals surface area contributed by atoms with Crippen LogP contribution in [0.3, 0.4) is 0 Å². The lowest BCUT2D eigenvalue weighted by atomic mass is 10.1. The van der Waals surface area contributed by atoms with Crippen molar-refractivity contribution in [3.63, 3.8) is 0 Å². The quantitative estimate of drug-likeness (QED) is 0.319. The molecular weight excluding hydrogens is 486 g/mol. The Morgan fingerprint density at radius 3 is 2.36 bits per heavy atom. The van der Waals surface area contributed by atoms with Gasteiger partial charge >= 0.3 is 0 Å². The highest BCUT2D eigenvalue weighted by Gasteiger charge is 2.21. The third-order valence-electron chi connectivity index (χ3n) is 5.60. The number of aryl methyl sites for hydroxylation is 2.